The Bertz CT molecular complexity index is 859. The highest BCUT2D eigenvalue weighted by atomic mass is 79.9. The van der Waals surface area contributed by atoms with E-state index in [1.165, 1.54) is 19.2 Å². The van der Waals surface area contributed by atoms with Crippen molar-refractivity contribution in [2.45, 2.75) is 11.8 Å². The number of carbonyl (C=O) groups is 1. The lowest BCUT2D eigenvalue weighted by Crippen LogP contribution is -2.29. The van der Waals surface area contributed by atoms with Crippen LogP contribution in [0.3, 0.4) is 0 Å². The highest BCUT2D eigenvalue weighted by molar-refractivity contribution is 9.15. The quantitative estimate of drug-likeness (QED) is 0.607. The Labute approximate surface area is 149 Å². The lowest BCUT2D eigenvalue weighted by atomic mass is 10.2. The minimum absolute atomic E-state index is 0.0582. The Balaban J connectivity index is 2.47. The molecule has 2 aromatic carbocycles. The molecule has 0 aliphatic heterocycles. The Morgan fingerprint density at radius 3 is 2.17 bits per heavy atom. The van der Waals surface area contributed by atoms with Gasteiger partial charge in [-0.3, -0.25) is 4.72 Å². The predicted molar refractivity (Wildman–Crippen MR) is 95.8 cm³/mol. The maximum absolute atomic E-state index is 12.5. The molecule has 2 rings (SSSR count). The van der Waals surface area contributed by atoms with Gasteiger partial charge in [0.05, 0.1) is 16.5 Å². The lowest BCUT2D eigenvalue weighted by molar-refractivity contribution is -0.136. The first-order valence-corrected chi connectivity index (χ1v) is 9.26. The number of aryl methyl sites for hydroxylation is 1. The highest BCUT2D eigenvalue weighted by Gasteiger charge is 2.23. The minimum atomic E-state index is -3.92. The second-order valence-corrected chi connectivity index (χ2v) is 7.44. The largest absolute Gasteiger partial charge is 0.464 e. The molecule has 0 aromatic heterocycles. The number of ether oxygens (including phenoxy) is 1. The molecule has 1 N–H and O–H groups in total. The van der Waals surface area contributed by atoms with Crippen molar-refractivity contribution in [3.05, 3.63) is 71.4 Å². The van der Waals surface area contributed by atoms with Crippen LogP contribution < -0.4 is 4.72 Å². The number of nitrogens with one attached hydrogen (secondary N) is 1. The Kier molecular flexibility index (Phi) is 5.80. The van der Waals surface area contributed by atoms with Crippen LogP contribution in [-0.4, -0.2) is 21.5 Å². The van der Waals surface area contributed by atoms with Crippen LogP contribution in [0.5, 0.6) is 0 Å². The molecule has 0 bridgehead atoms. The zero-order chi connectivity index (χ0) is 17.7. The van der Waals surface area contributed by atoms with Gasteiger partial charge in [0.15, 0.2) is 0 Å². The monoisotopic (exact) mass is 409 g/mol. The summed E-state index contributed by atoms with van der Waals surface area (Å²) in [6, 6.07) is 15.2. The van der Waals surface area contributed by atoms with E-state index in [1.807, 2.05) is 13.0 Å². The van der Waals surface area contributed by atoms with E-state index in [1.54, 1.807) is 36.4 Å². The molecule has 0 amide bonds. The van der Waals surface area contributed by atoms with Crippen LogP contribution in [0.2, 0.25) is 0 Å². The van der Waals surface area contributed by atoms with Crippen molar-refractivity contribution in [1.29, 1.82) is 0 Å². The maximum Gasteiger partial charge on any atom is 0.356 e. The van der Waals surface area contributed by atoms with Crippen LogP contribution in [0.25, 0.3) is 4.48 Å². The lowest BCUT2D eigenvalue weighted by Gasteiger charge is -2.13. The van der Waals surface area contributed by atoms with Gasteiger partial charge < -0.3 is 4.74 Å². The molecule has 0 saturated heterocycles. The van der Waals surface area contributed by atoms with Crippen LogP contribution in [0.15, 0.2) is 65.2 Å². The molecule has 0 radical (unpaired) electrons. The van der Waals surface area contributed by atoms with Crippen molar-refractivity contribution in [3.8, 4) is 0 Å². The van der Waals surface area contributed by atoms with Gasteiger partial charge in [0.2, 0.25) is 0 Å². The fourth-order valence-corrected chi connectivity index (χ4v) is 3.64. The SMILES string of the molecule is COC(=O)/C(NS(=O)(=O)c1ccc(C)cc1)=C(/Br)c1ccccc1. The predicted octanol–water partition coefficient (Wildman–Crippen LogP) is 3.21. The van der Waals surface area contributed by atoms with Crippen molar-refractivity contribution in [2.24, 2.45) is 0 Å². The molecule has 24 heavy (non-hydrogen) atoms. The molecule has 0 atom stereocenters. The van der Waals surface area contributed by atoms with E-state index in [2.05, 4.69) is 20.7 Å². The van der Waals surface area contributed by atoms with Crippen molar-refractivity contribution in [3.63, 3.8) is 0 Å². The number of esters is 1. The zero-order valence-corrected chi connectivity index (χ0v) is 15.5. The Morgan fingerprint density at radius 2 is 1.62 bits per heavy atom. The summed E-state index contributed by atoms with van der Waals surface area (Å²) in [6.07, 6.45) is 0. The third kappa shape index (κ3) is 4.24. The van der Waals surface area contributed by atoms with Gasteiger partial charge in [-0.2, -0.15) is 0 Å². The second kappa shape index (κ2) is 7.63. The fourth-order valence-electron chi connectivity index (χ4n) is 1.92. The normalized spacial score (nSPS) is 12.3. The van der Waals surface area contributed by atoms with Crippen LogP contribution in [-0.2, 0) is 19.6 Å². The van der Waals surface area contributed by atoms with Crippen LogP contribution in [0.4, 0.5) is 0 Å². The third-order valence-corrected chi connectivity index (χ3v) is 5.42. The minimum Gasteiger partial charge on any atom is -0.464 e. The summed E-state index contributed by atoms with van der Waals surface area (Å²) in [4.78, 5) is 12.1. The number of sulfonamides is 1. The van der Waals surface area contributed by atoms with Crippen LogP contribution in [0, 0.1) is 6.92 Å². The Morgan fingerprint density at radius 1 is 1.04 bits per heavy atom. The summed E-state index contributed by atoms with van der Waals surface area (Å²) in [6.45, 7) is 1.86. The molecule has 0 spiro atoms. The van der Waals surface area contributed by atoms with Crippen molar-refractivity contribution in [1.82, 2.24) is 4.72 Å². The van der Waals surface area contributed by atoms with Gasteiger partial charge in [0.25, 0.3) is 10.0 Å². The van der Waals surface area contributed by atoms with E-state index in [0.29, 0.717) is 10.0 Å². The van der Waals surface area contributed by atoms with E-state index in [0.717, 1.165) is 5.56 Å². The molecule has 0 heterocycles. The van der Waals surface area contributed by atoms with Gasteiger partial charge >= 0.3 is 5.97 Å². The number of benzene rings is 2. The molecule has 0 fully saturated rings. The number of methoxy groups -OCH3 is 1. The van der Waals surface area contributed by atoms with Gasteiger partial charge in [-0.05, 0) is 40.5 Å². The number of hydrogen-bond acceptors (Lipinski definition) is 4. The molecule has 5 nitrogen and oxygen atoms in total. The number of halogens is 1. The molecule has 0 saturated carbocycles. The number of hydrogen-bond donors (Lipinski definition) is 1. The summed E-state index contributed by atoms with van der Waals surface area (Å²) in [5, 5.41) is 0. The second-order valence-electron chi connectivity index (χ2n) is 4.97. The van der Waals surface area contributed by atoms with E-state index in [-0.39, 0.29) is 10.6 Å². The molecule has 2 aromatic rings. The van der Waals surface area contributed by atoms with Gasteiger partial charge in [-0.15, -0.1) is 0 Å². The standard InChI is InChI=1S/C17H16BrNO4S/c1-12-8-10-14(11-9-12)24(21,22)19-16(17(20)23-2)15(18)13-6-4-3-5-7-13/h3-11,19H,1-2H3/b16-15-. The molecular weight excluding hydrogens is 394 g/mol. The molecule has 0 unspecified atom stereocenters. The Hall–Kier alpha value is -2.12. The highest BCUT2D eigenvalue weighted by Crippen LogP contribution is 2.26. The maximum atomic E-state index is 12.5. The first-order valence-electron chi connectivity index (χ1n) is 6.98. The van der Waals surface area contributed by atoms with Crippen molar-refractivity contribution in [2.75, 3.05) is 7.11 Å². The summed E-state index contributed by atoms with van der Waals surface area (Å²) < 4.78 is 32.4. The third-order valence-electron chi connectivity index (χ3n) is 3.20. The van der Waals surface area contributed by atoms with Gasteiger partial charge in [-0.25, -0.2) is 13.2 Å². The average molecular weight is 410 g/mol. The van der Waals surface area contributed by atoms with Gasteiger partial charge in [-0.1, -0.05) is 48.0 Å². The van der Waals surface area contributed by atoms with Gasteiger partial charge in [0, 0.05) is 0 Å². The topological polar surface area (TPSA) is 72.5 Å². The van der Waals surface area contributed by atoms with E-state index in [4.69, 9.17) is 4.74 Å². The summed E-state index contributed by atoms with van der Waals surface area (Å²) >= 11 is 3.28. The van der Waals surface area contributed by atoms with E-state index < -0.39 is 16.0 Å². The van der Waals surface area contributed by atoms with Crippen molar-refractivity contribution < 1.29 is 17.9 Å². The van der Waals surface area contributed by atoms with Gasteiger partial charge in [0.1, 0.15) is 5.70 Å². The summed E-state index contributed by atoms with van der Waals surface area (Å²) in [5.41, 5.74) is 1.39. The summed E-state index contributed by atoms with van der Waals surface area (Å²) in [7, 11) is -2.73. The number of rotatable bonds is 5. The zero-order valence-electron chi connectivity index (χ0n) is 13.1. The van der Waals surface area contributed by atoms with Crippen LogP contribution >= 0.6 is 15.9 Å². The molecule has 0 aliphatic rings. The molecule has 126 valence electrons. The first kappa shape index (κ1) is 18.2. The molecule has 7 heteroatoms. The smallest absolute Gasteiger partial charge is 0.356 e. The average Bonchev–Trinajstić information content (AvgIpc) is 2.59. The van der Waals surface area contributed by atoms with E-state index >= 15 is 0 Å². The van der Waals surface area contributed by atoms with E-state index in [9.17, 15) is 13.2 Å². The summed E-state index contributed by atoms with van der Waals surface area (Å²) in [5.74, 6) is -0.790. The van der Waals surface area contributed by atoms with Crippen LogP contribution in [0.1, 0.15) is 11.1 Å². The number of carbonyl (C=O) groups excluding carboxylic acids is 1. The first-order chi connectivity index (χ1) is 11.3. The molecule has 0 aliphatic carbocycles. The van der Waals surface area contributed by atoms with Crippen molar-refractivity contribution >= 4 is 36.4 Å². The fraction of sp³-hybridized carbons (Fsp3) is 0.118. The molecular formula is C17H16BrNO4S.